The van der Waals surface area contributed by atoms with Crippen molar-refractivity contribution < 1.29 is 5.11 Å². The molecule has 0 bridgehead atoms. The lowest BCUT2D eigenvalue weighted by atomic mass is 10.3. The number of aliphatic hydroxyl groups excluding tert-OH is 1. The molecule has 0 fully saturated rings. The van der Waals surface area contributed by atoms with E-state index in [1.807, 2.05) is 6.07 Å². The van der Waals surface area contributed by atoms with Gasteiger partial charge in [-0.15, -0.1) is 0 Å². The number of hydrogen-bond acceptors (Lipinski definition) is 4. The highest BCUT2D eigenvalue weighted by Crippen LogP contribution is 2.10. The Bertz CT molecular complexity index is 629. The van der Waals surface area contributed by atoms with Gasteiger partial charge in [0.1, 0.15) is 0 Å². The Morgan fingerprint density at radius 3 is 2.71 bits per heavy atom. The molecular formula is C12H13NO3S. The average molecular weight is 251 g/mol. The quantitative estimate of drug-likeness (QED) is 0.830. The number of aliphatic hydroxyl groups is 1. The highest BCUT2D eigenvalue weighted by Gasteiger charge is 2.06. The molecule has 17 heavy (non-hydrogen) atoms. The first-order valence-corrected chi connectivity index (χ1v) is 6.29. The Balaban J connectivity index is 2.49. The highest BCUT2D eigenvalue weighted by atomic mass is 32.1. The number of hydrogen-bond donors (Lipinski definition) is 1. The molecule has 2 rings (SSSR count). The van der Waals surface area contributed by atoms with E-state index in [4.69, 9.17) is 5.11 Å². The summed E-state index contributed by atoms with van der Waals surface area (Å²) in [5.74, 6) is 0. The fraction of sp³-hybridized carbons (Fsp3) is 0.333. The summed E-state index contributed by atoms with van der Waals surface area (Å²) < 4.78 is 1.98. The molecule has 5 heteroatoms. The Kier molecular flexibility index (Phi) is 3.71. The molecule has 0 aliphatic carbocycles. The van der Waals surface area contributed by atoms with Gasteiger partial charge >= 0.3 is 4.87 Å². The smallest absolute Gasteiger partial charge is 0.310 e. The number of nitrogens with zero attached hydrogens (tertiary/aromatic N) is 1. The zero-order chi connectivity index (χ0) is 12.3. The van der Waals surface area contributed by atoms with E-state index in [0.29, 0.717) is 24.8 Å². The van der Waals surface area contributed by atoms with Gasteiger partial charge in [0.2, 0.25) is 0 Å². The van der Waals surface area contributed by atoms with Crippen molar-refractivity contribution in [1.29, 1.82) is 0 Å². The lowest BCUT2D eigenvalue weighted by Gasteiger charge is -2.04. The number of fused-ring (bicyclic) bond motifs is 1. The minimum absolute atomic E-state index is 0.0833. The number of benzene rings is 1. The summed E-state index contributed by atoms with van der Waals surface area (Å²) >= 11 is 1.09. The fourth-order valence-corrected chi connectivity index (χ4v) is 2.57. The van der Waals surface area contributed by atoms with Gasteiger partial charge in [0.25, 0.3) is 5.56 Å². The molecule has 0 radical (unpaired) electrons. The molecule has 0 aliphatic rings. The Morgan fingerprint density at radius 2 is 1.94 bits per heavy atom. The van der Waals surface area contributed by atoms with Crippen molar-refractivity contribution in [3.63, 3.8) is 0 Å². The van der Waals surface area contributed by atoms with Crippen LogP contribution in [0.15, 0.2) is 33.9 Å². The summed E-state index contributed by atoms with van der Waals surface area (Å²) in [5.41, 5.74) is -0.234. The standard InChI is InChI=1S/C12H13NO3S/c14-8-4-3-7-13-11(15)9-5-1-2-6-10(9)17-12(13)16/h1-2,5-6,14H,3-4,7-8H2. The van der Waals surface area contributed by atoms with Crippen molar-refractivity contribution in [2.45, 2.75) is 19.4 Å². The summed E-state index contributed by atoms with van der Waals surface area (Å²) in [6, 6.07) is 7.11. The molecule has 4 nitrogen and oxygen atoms in total. The van der Waals surface area contributed by atoms with E-state index >= 15 is 0 Å². The number of rotatable bonds is 4. The lowest BCUT2D eigenvalue weighted by Crippen LogP contribution is -2.31. The van der Waals surface area contributed by atoms with Crippen LogP contribution < -0.4 is 10.4 Å². The van der Waals surface area contributed by atoms with Crippen LogP contribution in [-0.2, 0) is 6.54 Å². The maximum Gasteiger partial charge on any atom is 0.310 e. The van der Waals surface area contributed by atoms with E-state index in [0.717, 1.165) is 16.0 Å². The predicted octanol–water partition coefficient (Wildman–Crippen LogP) is 1.20. The molecule has 1 aromatic heterocycles. The van der Waals surface area contributed by atoms with E-state index in [1.54, 1.807) is 18.2 Å². The van der Waals surface area contributed by atoms with Gasteiger partial charge in [0.15, 0.2) is 0 Å². The first-order valence-electron chi connectivity index (χ1n) is 5.47. The second-order valence-electron chi connectivity index (χ2n) is 3.75. The second kappa shape index (κ2) is 5.25. The number of unbranched alkanes of at least 4 members (excludes halogenated alkanes) is 1. The average Bonchev–Trinajstić information content (AvgIpc) is 2.33. The van der Waals surface area contributed by atoms with Crippen LogP contribution in [0.5, 0.6) is 0 Å². The second-order valence-corrected chi connectivity index (χ2v) is 4.74. The van der Waals surface area contributed by atoms with Gasteiger partial charge < -0.3 is 5.11 Å². The SMILES string of the molecule is O=c1sc2ccccc2c(=O)n1CCCCO. The van der Waals surface area contributed by atoms with Crippen LogP contribution in [0.3, 0.4) is 0 Å². The third kappa shape index (κ3) is 2.45. The minimum atomic E-state index is -0.234. The van der Waals surface area contributed by atoms with Crippen molar-refractivity contribution in [2.75, 3.05) is 6.61 Å². The highest BCUT2D eigenvalue weighted by molar-refractivity contribution is 7.16. The molecule has 1 aromatic carbocycles. The van der Waals surface area contributed by atoms with Gasteiger partial charge in [0.05, 0.1) is 5.39 Å². The van der Waals surface area contributed by atoms with Gasteiger partial charge in [0, 0.05) is 17.9 Å². The van der Waals surface area contributed by atoms with Crippen molar-refractivity contribution in [2.24, 2.45) is 0 Å². The third-order valence-electron chi connectivity index (χ3n) is 2.57. The van der Waals surface area contributed by atoms with E-state index in [9.17, 15) is 9.59 Å². The van der Waals surface area contributed by atoms with Crippen LogP contribution in [0.1, 0.15) is 12.8 Å². The zero-order valence-electron chi connectivity index (χ0n) is 9.26. The molecule has 0 saturated heterocycles. The fourth-order valence-electron chi connectivity index (χ4n) is 1.68. The summed E-state index contributed by atoms with van der Waals surface area (Å²) in [6.07, 6.45) is 1.24. The predicted molar refractivity (Wildman–Crippen MR) is 68.7 cm³/mol. The van der Waals surface area contributed by atoms with Gasteiger partial charge in [-0.3, -0.25) is 14.2 Å². The Labute approximate surface area is 102 Å². The van der Waals surface area contributed by atoms with Gasteiger partial charge in [-0.2, -0.15) is 0 Å². The molecule has 0 aliphatic heterocycles. The summed E-state index contributed by atoms with van der Waals surface area (Å²) in [7, 11) is 0. The summed E-state index contributed by atoms with van der Waals surface area (Å²) in [6.45, 7) is 0.458. The maximum atomic E-state index is 12.1. The first-order chi connectivity index (χ1) is 8.24. The molecule has 1 N–H and O–H groups in total. The Morgan fingerprint density at radius 1 is 1.18 bits per heavy atom. The molecule has 0 atom stereocenters. The van der Waals surface area contributed by atoms with Crippen molar-refractivity contribution in [3.8, 4) is 0 Å². The van der Waals surface area contributed by atoms with Crippen molar-refractivity contribution >= 4 is 21.4 Å². The first kappa shape index (κ1) is 12.0. The summed E-state index contributed by atoms with van der Waals surface area (Å²) in [5, 5.41) is 9.28. The van der Waals surface area contributed by atoms with Crippen molar-refractivity contribution in [3.05, 3.63) is 44.3 Å². The topological polar surface area (TPSA) is 59.3 Å². The number of aromatic nitrogens is 1. The third-order valence-corrected chi connectivity index (χ3v) is 3.54. The Hall–Kier alpha value is -1.46. The van der Waals surface area contributed by atoms with Crippen LogP contribution in [0.25, 0.3) is 10.1 Å². The van der Waals surface area contributed by atoms with Crippen LogP contribution >= 0.6 is 11.3 Å². The van der Waals surface area contributed by atoms with Gasteiger partial charge in [-0.1, -0.05) is 23.5 Å². The maximum absolute atomic E-state index is 12.1. The lowest BCUT2D eigenvalue weighted by molar-refractivity contribution is 0.281. The zero-order valence-corrected chi connectivity index (χ0v) is 10.1. The minimum Gasteiger partial charge on any atom is -0.396 e. The molecule has 0 unspecified atom stereocenters. The molecular weight excluding hydrogens is 238 g/mol. The molecule has 1 heterocycles. The largest absolute Gasteiger partial charge is 0.396 e. The monoisotopic (exact) mass is 251 g/mol. The van der Waals surface area contributed by atoms with E-state index < -0.39 is 0 Å². The molecule has 0 spiro atoms. The van der Waals surface area contributed by atoms with E-state index in [2.05, 4.69) is 0 Å². The van der Waals surface area contributed by atoms with Crippen LogP contribution in [0.2, 0.25) is 0 Å². The van der Waals surface area contributed by atoms with Crippen molar-refractivity contribution in [1.82, 2.24) is 4.57 Å². The van der Waals surface area contributed by atoms with Gasteiger partial charge in [-0.25, -0.2) is 0 Å². The van der Waals surface area contributed by atoms with E-state index in [-0.39, 0.29) is 17.0 Å². The normalized spacial score (nSPS) is 10.9. The molecule has 90 valence electrons. The molecule has 2 aromatic rings. The van der Waals surface area contributed by atoms with E-state index in [1.165, 1.54) is 4.57 Å². The summed E-state index contributed by atoms with van der Waals surface area (Å²) in [4.78, 5) is 23.6. The van der Waals surface area contributed by atoms with Crippen LogP contribution in [0, 0.1) is 0 Å². The van der Waals surface area contributed by atoms with Crippen LogP contribution in [-0.4, -0.2) is 16.3 Å². The van der Waals surface area contributed by atoms with Crippen LogP contribution in [0.4, 0.5) is 0 Å². The molecule has 0 amide bonds. The van der Waals surface area contributed by atoms with Gasteiger partial charge in [-0.05, 0) is 25.0 Å². The molecule has 0 saturated carbocycles.